The minimum atomic E-state index is -1.13. The number of ether oxygens (including phenoxy) is 2. The molecule has 12 rings (SSSR count). The molecule has 84 heavy (non-hydrogen) atoms. The van der Waals surface area contributed by atoms with E-state index in [-0.39, 0.29) is 104 Å². The van der Waals surface area contributed by atoms with Crippen molar-refractivity contribution < 1.29 is 36.6 Å². The molecule has 432 valence electrons. The lowest BCUT2D eigenvalue weighted by Gasteiger charge is -2.40. The zero-order valence-electron chi connectivity index (χ0n) is 46.4. The molecule has 0 radical (unpaired) electrons. The van der Waals surface area contributed by atoms with E-state index in [0.29, 0.717) is 84.4 Å². The van der Waals surface area contributed by atoms with Gasteiger partial charge in [0.2, 0.25) is 11.8 Å². The maximum Gasteiger partial charge on any atom is 0.355 e. The summed E-state index contributed by atoms with van der Waals surface area (Å²) < 4.78 is 74.3. The van der Waals surface area contributed by atoms with Crippen LogP contribution in [0.1, 0.15) is 62.0 Å². The van der Waals surface area contributed by atoms with Gasteiger partial charge in [0.15, 0.2) is 46.1 Å². The second-order valence-electron chi connectivity index (χ2n) is 21.2. The van der Waals surface area contributed by atoms with Crippen molar-refractivity contribution in [2.45, 2.75) is 65.5 Å². The van der Waals surface area contributed by atoms with Crippen LogP contribution in [-0.2, 0) is 9.59 Å². The summed E-state index contributed by atoms with van der Waals surface area (Å²) in [6.45, 7) is 20.9. The Morgan fingerprint density at radius 2 is 1.00 bits per heavy atom. The Bertz CT molecular complexity index is 3950. The molecular formula is C60H54Cl2F4N12O6. The molecule has 18 nitrogen and oxygen atoms in total. The van der Waals surface area contributed by atoms with E-state index >= 15 is 8.78 Å². The summed E-state index contributed by atoms with van der Waals surface area (Å²) in [5, 5.41) is 0.602. The zero-order valence-corrected chi connectivity index (χ0v) is 47.9. The van der Waals surface area contributed by atoms with Gasteiger partial charge in [-0.2, -0.15) is 9.97 Å². The van der Waals surface area contributed by atoms with Crippen molar-refractivity contribution in [2.24, 2.45) is 0 Å². The van der Waals surface area contributed by atoms with Crippen molar-refractivity contribution in [1.29, 1.82) is 0 Å². The van der Waals surface area contributed by atoms with E-state index in [9.17, 15) is 28.0 Å². The number of aryl methyl sites for hydroxylation is 2. The fourth-order valence-corrected chi connectivity index (χ4v) is 11.9. The van der Waals surface area contributed by atoms with Gasteiger partial charge in [-0.25, -0.2) is 46.3 Å². The van der Waals surface area contributed by atoms with E-state index < -0.39 is 34.6 Å². The van der Waals surface area contributed by atoms with Crippen molar-refractivity contribution in [3.8, 4) is 45.4 Å². The molecule has 8 aromatic rings. The van der Waals surface area contributed by atoms with Gasteiger partial charge >= 0.3 is 11.4 Å². The van der Waals surface area contributed by atoms with Gasteiger partial charge < -0.3 is 29.1 Å². The number of hydrogen-bond donors (Lipinski definition) is 0. The highest BCUT2D eigenvalue weighted by molar-refractivity contribution is 6.36. The minimum absolute atomic E-state index is 0.0499. The SMILES string of the molecule is C=CC(=O)N1CCN2c3nc(=O)n(-c4c(C)ccnc4C(C)C)c4nc(-c5cccc(F)c5F)c(Cl)c(c34)OC[C@H]2C1.C=CC(=O)N1CCN2c3nc(=O)n(-c4c(C)ccnc4C(C)C)c4nc(-c5cccc(F)c5F)c(Cl)c(c34)OC[C@H]2C1. The van der Waals surface area contributed by atoms with E-state index in [4.69, 9.17) is 42.6 Å². The van der Waals surface area contributed by atoms with Crippen LogP contribution in [0.15, 0.2) is 95.8 Å². The Morgan fingerprint density at radius 1 is 0.607 bits per heavy atom. The van der Waals surface area contributed by atoms with Crippen molar-refractivity contribution in [3.63, 3.8) is 0 Å². The predicted octanol–water partition coefficient (Wildman–Crippen LogP) is 9.60. The molecule has 4 aliphatic heterocycles. The van der Waals surface area contributed by atoms with Gasteiger partial charge in [0.05, 0.1) is 46.2 Å². The number of anilines is 2. The number of carbonyl (C=O) groups is 2. The zero-order chi connectivity index (χ0) is 59.7. The molecule has 0 aliphatic carbocycles. The fraction of sp³-hybridized carbons (Fsp3) is 0.300. The van der Waals surface area contributed by atoms with Crippen LogP contribution in [0, 0.1) is 37.1 Å². The first-order chi connectivity index (χ1) is 40.2. The molecule has 0 bridgehead atoms. The van der Waals surface area contributed by atoms with Crippen molar-refractivity contribution >= 4 is 68.7 Å². The second kappa shape index (κ2) is 22.4. The van der Waals surface area contributed by atoms with Gasteiger partial charge in [0.1, 0.15) is 45.7 Å². The summed E-state index contributed by atoms with van der Waals surface area (Å²) in [7, 11) is 0. The molecule has 4 aliphatic rings. The van der Waals surface area contributed by atoms with Crippen molar-refractivity contribution in [3.05, 3.63) is 163 Å². The van der Waals surface area contributed by atoms with Gasteiger partial charge in [0.25, 0.3) is 0 Å². The highest BCUT2D eigenvalue weighted by Gasteiger charge is 2.40. The van der Waals surface area contributed by atoms with Crippen LogP contribution in [0.2, 0.25) is 10.0 Å². The maximum atomic E-state index is 15.1. The fourth-order valence-electron chi connectivity index (χ4n) is 11.3. The average Bonchev–Trinajstić information content (AvgIpc) is 1.32. The van der Waals surface area contributed by atoms with Gasteiger partial charge in [-0.15, -0.1) is 0 Å². The summed E-state index contributed by atoms with van der Waals surface area (Å²) in [6.07, 6.45) is 5.84. The molecule has 2 amide bonds. The predicted molar refractivity (Wildman–Crippen MR) is 311 cm³/mol. The first-order valence-electron chi connectivity index (χ1n) is 27.0. The summed E-state index contributed by atoms with van der Waals surface area (Å²) >= 11 is 13.7. The van der Waals surface area contributed by atoms with Crippen LogP contribution in [0.3, 0.4) is 0 Å². The molecule has 2 atom stereocenters. The third-order valence-corrected chi connectivity index (χ3v) is 16.1. The Morgan fingerprint density at radius 3 is 1.37 bits per heavy atom. The second-order valence-corrected chi connectivity index (χ2v) is 22.0. The van der Waals surface area contributed by atoms with Crippen LogP contribution in [0.25, 0.3) is 56.0 Å². The number of carbonyl (C=O) groups excluding carboxylic acids is 2. The molecular weight excluding hydrogens is 1130 g/mol. The highest BCUT2D eigenvalue weighted by atomic mass is 35.5. The lowest BCUT2D eigenvalue weighted by atomic mass is 10.0. The summed E-state index contributed by atoms with van der Waals surface area (Å²) in [5.74, 6) is -4.12. The Kier molecular flexibility index (Phi) is 15.2. The number of pyridine rings is 4. The highest BCUT2D eigenvalue weighted by Crippen LogP contribution is 2.48. The Balaban J connectivity index is 0.000000175. The van der Waals surface area contributed by atoms with Crippen LogP contribution in [0.5, 0.6) is 11.5 Å². The quantitative estimate of drug-likeness (QED) is 0.103. The smallest absolute Gasteiger partial charge is 0.355 e. The van der Waals surface area contributed by atoms with E-state index in [2.05, 4.69) is 33.1 Å². The molecule has 2 saturated heterocycles. The average molecular weight is 1190 g/mol. The van der Waals surface area contributed by atoms with E-state index in [1.165, 1.54) is 45.6 Å². The number of fused-ring (bicyclic) bond motifs is 4. The number of rotatable bonds is 8. The number of amides is 2. The van der Waals surface area contributed by atoms with Crippen molar-refractivity contribution in [2.75, 3.05) is 62.3 Å². The lowest BCUT2D eigenvalue weighted by Crippen LogP contribution is -2.56. The van der Waals surface area contributed by atoms with Gasteiger partial charge in [-0.3, -0.25) is 19.6 Å². The van der Waals surface area contributed by atoms with Crippen LogP contribution < -0.4 is 30.7 Å². The normalized spacial score (nSPS) is 16.3. The number of nitrogens with zero attached hydrogens (tertiary/aromatic N) is 12. The van der Waals surface area contributed by atoms with Gasteiger partial charge in [0, 0.05) is 62.8 Å². The summed E-state index contributed by atoms with van der Waals surface area (Å²) in [5.41, 5.74) is 2.17. The van der Waals surface area contributed by atoms with E-state index in [1.807, 2.05) is 51.3 Å². The monoisotopic (exact) mass is 1180 g/mol. The first-order valence-corrected chi connectivity index (χ1v) is 27.7. The van der Waals surface area contributed by atoms with Crippen LogP contribution in [-0.4, -0.2) is 125 Å². The molecule has 0 spiro atoms. The summed E-state index contributed by atoms with van der Waals surface area (Å²) in [6, 6.07) is 10.2. The summed E-state index contributed by atoms with van der Waals surface area (Å²) in [4.78, 5) is 87.6. The van der Waals surface area contributed by atoms with Gasteiger partial charge in [-0.05, 0) is 85.4 Å². The van der Waals surface area contributed by atoms with Crippen molar-refractivity contribution in [1.82, 2.24) is 48.8 Å². The maximum absolute atomic E-state index is 15.1. The molecule has 0 unspecified atom stereocenters. The third-order valence-electron chi connectivity index (χ3n) is 15.4. The number of halogens is 6. The standard InChI is InChI=1S/2C30H27ClF2N6O3/c2*1-5-20(40)37-11-12-38-17(13-37)14-42-27-21-28(38)36-30(41)39(26-16(4)9-10-34-24(26)15(2)3)29(21)35-25(22(27)31)18-7-6-8-19(32)23(18)33/h2*5-10,15,17H,1,11-14H2,2-4H3/t2*17-/m11/s1. The topological polar surface area (TPSA) is 187 Å². The molecule has 0 N–H and O–H groups in total. The molecule has 0 saturated carbocycles. The first kappa shape index (κ1) is 57.1. The Hall–Kier alpha value is -8.76. The van der Waals surface area contributed by atoms with Gasteiger partial charge in [-0.1, -0.05) is 76.2 Å². The number of benzene rings is 2. The molecule has 6 aromatic heterocycles. The minimum Gasteiger partial charge on any atom is -0.489 e. The molecule has 2 fully saturated rings. The number of piperazine rings is 2. The van der Waals surface area contributed by atoms with E-state index in [1.54, 1.807) is 34.3 Å². The van der Waals surface area contributed by atoms with Crippen LogP contribution in [0.4, 0.5) is 29.2 Å². The Labute approximate surface area is 488 Å². The lowest BCUT2D eigenvalue weighted by molar-refractivity contribution is -0.127. The largest absolute Gasteiger partial charge is 0.489 e. The third kappa shape index (κ3) is 9.63. The molecule has 10 heterocycles. The molecule has 2 aromatic carbocycles. The number of hydrogen-bond acceptors (Lipinski definition) is 14. The number of aromatic nitrogens is 8. The molecule has 24 heteroatoms. The van der Waals surface area contributed by atoms with E-state index in [0.717, 1.165) is 23.3 Å². The van der Waals surface area contributed by atoms with Crippen LogP contribution >= 0.6 is 23.2 Å².